The minimum absolute atomic E-state index is 0.188. The highest BCUT2D eigenvalue weighted by molar-refractivity contribution is 7.17. The molecule has 3 heterocycles. The number of fused-ring (bicyclic) bond motifs is 1. The molecule has 9 nitrogen and oxygen atoms in total. The molecule has 2 N–H and O–H groups in total. The summed E-state index contributed by atoms with van der Waals surface area (Å²) in [6, 6.07) is 0. The Morgan fingerprint density at radius 2 is 2.10 bits per heavy atom. The molecule has 0 saturated carbocycles. The molecule has 1 aliphatic carbocycles. The summed E-state index contributed by atoms with van der Waals surface area (Å²) in [6.07, 6.45) is 2.73. The monoisotopic (exact) mass is 419 g/mol. The van der Waals surface area contributed by atoms with Crippen molar-refractivity contribution in [2.75, 3.05) is 25.6 Å². The van der Waals surface area contributed by atoms with Gasteiger partial charge in [0.15, 0.2) is 5.82 Å². The van der Waals surface area contributed by atoms with E-state index in [2.05, 4.69) is 15.5 Å². The summed E-state index contributed by atoms with van der Waals surface area (Å²) in [6.45, 7) is 1.50. The average molecular weight is 419 g/mol. The van der Waals surface area contributed by atoms with Crippen LogP contribution in [0, 0.1) is 0 Å². The molecule has 1 aliphatic heterocycles. The summed E-state index contributed by atoms with van der Waals surface area (Å²) in [4.78, 5) is 29.7. The highest BCUT2D eigenvalue weighted by atomic mass is 32.1. The third-order valence-corrected chi connectivity index (χ3v) is 6.13. The van der Waals surface area contributed by atoms with Gasteiger partial charge in [0.25, 0.3) is 11.8 Å². The number of hydrogen-bond acceptors (Lipinski definition) is 8. The van der Waals surface area contributed by atoms with E-state index in [1.807, 2.05) is 0 Å². The molecule has 0 saturated heterocycles. The predicted octanol–water partition coefficient (Wildman–Crippen LogP) is 2.56. The first-order chi connectivity index (χ1) is 14.1. The molecule has 29 heavy (non-hydrogen) atoms. The third kappa shape index (κ3) is 3.96. The molecular weight excluding hydrogens is 398 g/mol. The fourth-order valence-corrected chi connectivity index (χ4v) is 4.78. The quantitative estimate of drug-likeness (QED) is 0.702. The van der Waals surface area contributed by atoms with Crippen LogP contribution in [0.4, 0.5) is 5.00 Å². The van der Waals surface area contributed by atoms with Crippen molar-refractivity contribution in [1.29, 1.82) is 0 Å². The summed E-state index contributed by atoms with van der Waals surface area (Å²) in [5.41, 5.74) is 2.25. The number of anilines is 1. The molecule has 2 aliphatic rings. The Kier molecular flexibility index (Phi) is 5.74. The number of carbonyl (C=O) groups is 2. The fraction of sp³-hybridized carbons (Fsp3) is 0.474. The van der Waals surface area contributed by atoms with Gasteiger partial charge in [-0.05, 0) is 31.2 Å². The van der Waals surface area contributed by atoms with E-state index >= 15 is 0 Å². The largest absolute Gasteiger partial charge is 0.478 e. The van der Waals surface area contributed by atoms with E-state index in [9.17, 15) is 14.7 Å². The number of nitrogens with zero attached hydrogens (tertiary/aromatic N) is 2. The number of aliphatic carboxylic acids is 1. The van der Waals surface area contributed by atoms with Crippen molar-refractivity contribution in [1.82, 2.24) is 10.1 Å². The van der Waals surface area contributed by atoms with Crippen LogP contribution in [0.1, 0.15) is 35.5 Å². The van der Waals surface area contributed by atoms with Gasteiger partial charge >= 0.3 is 5.97 Å². The number of carbonyl (C=O) groups excluding carboxylic acids is 1. The Labute approximate surface area is 170 Å². The van der Waals surface area contributed by atoms with E-state index in [4.69, 9.17) is 14.0 Å². The molecule has 0 fully saturated rings. The topological polar surface area (TPSA) is 124 Å². The molecule has 2 aromatic heterocycles. The minimum atomic E-state index is -1.04. The van der Waals surface area contributed by atoms with Crippen molar-refractivity contribution in [3.8, 4) is 11.5 Å². The van der Waals surface area contributed by atoms with E-state index < -0.39 is 5.97 Å². The second-order valence-electron chi connectivity index (χ2n) is 6.84. The maximum Gasteiger partial charge on any atom is 0.332 e. The first kappa shape index (κ1) is 19.7. The molecule has 1 amide bonds. The second-order valence-corrected chi connectivity index (χ2v) is 7.94. The van der Waals surface area contributed by atoms with Crippen molar-refractivity contribution < 1.29 is 28.7 Å². The number of aromatic nitrogens is 2. The SMILES string of the molecule is COCCc1noc(-c2c(NC(=O)C3=C(C(=O)O)CCC3)sc3c2CCOC3)n1. The lowest BCUT2D eigenvalue weighted by molar-refractivity contribution is -0.133. The number of rotatable bonds is 7. The Morgan fingerprint density at radius 1 is 1.28 bits per heavy atom. The lowest BCUT2D eigenvalue weighted by atomic mass is 10.1. The first-order valence-electron chi connectivity index (χ1n) is 9.39. The number of nitrogens with one attached hydrogen (secondary N) is 1. The molecule has 154 valence electrons. The highest BCUT2D eigenvalue weighted by Crippen LogP contribution is 2.43. The zero-order valence-corrected chi connectivity index (χ0v) is 16.8. The molecule has 4 rings (SSSR count). The van der Waals surface area contributed by atoms with Crippen molar-refractivity contribution >= 4 is 28.2 Å². The normalized spacial score (nSPS) is 16.2. The number of methoxy groups -OCH3 is 1. The molecule has 10 heteroatoms. The Hall–Kier alpha value is -2.56. The number of hydrogen-bond donors (Lipinski definition) is 2. The van der Waals surface area contributed by atoms with E-state index in [1.165, 1.54) is 11.3 Å². The van der Waals surface area contributed by atoms with Crippen molar-refractivity contribution in [3.05, 3.63) is 27.4 Å². The van der Waals surface area contributed by atoms with Gasteiger partial charge in [-0.25, -0.2) is 4.79 Å². The van der Waals surface area contributed by atoms with Crippen LogP contribution in [0.15, 0.2) is 15.7 Å². The van der Waals surface area contributed by atoms with E-state index in [0.717, 1.165) is 10.4 Å². The highest BCUT2D eigenvalue weighted by Gasteiger charge is 2.30. The van der Waals surface area contributed by atoms with Crippen LogP contribution < -0.4 is 5.32 Å². The van der Waals surface area contributed by atoms with Gasteiger partial charge in [0, 0.05) is 29.6 Å². The number of amides is 1. The van der Waals surface area contributed by atoms with E-state index in [0.29, 0.717) is 79.8 Å². The van der Waals surface area contributed by atoms with Crippen molar-refractivity contribution in [3.63, 3.8) is 0 Å². The summed E-state index contributed by atoms with van der Waals surface area (Å²) in [5.74, 6) is -0.561. The average Bonchev–Trinajstić information content (AvgIpc) is 3.43. The lowest BCUT2D eigenvalue weighted by Gasteiger charge is -2.12. The van der Waals surface area contributed by atoms with Gasteiger partial charge in [-0.1, -0.05) is 5.16 Å². The molecule has 2 aromatic rings. The Bertz CT molecular complexity index is 977. The Morgan fingerprint density at radius 3 is 2.90 bits per heavy atom. The molecule has 0 unspecified atom stereocenters. The molecule has 0 atom stereocenters. The number of ether oxygens (including phenoxy) is 2. The molecule has 0 radical (unpaired) electrons. The van der Waals surface area contributed by atoms with Gasteiger partial charge in [0.2, 0.25) is 0 Å². The van der Waals surface area contributed by atoms with Crippen molar-refractivity contribution in [2.24, 2.45) is 0 Å². The lowest BCUT2D eigenvalue weighted by Crippen LogP contribution is -2.16. The van der Waals surface area contributed by atoms with Crippen LogP contribution >= 0.6 is 11.3 Å². The van der Waals surface area contributed by atoms with Crippen LogP contribution in [-0.2, 0) is 38.5 Å². The fourth-order valence-electron chi connectivity index (χ4n) is 3.61. The second kappa shape index (κ2) is 8.44. The summed E-state index contributed by atoms with van der Waals surface area (Å²) in [7, 11) is 1.60. The van der Waals surface area contributed by atoms with Crippen LogP contribution in [0.25, 0.3) is 11.5 Å². The first-order valence-corrected chi connectivity index (χ1v) is 10.2. The van der Waals surface area contributed by atoms with Crippen LogP contribution in [0.3, 0.4) is 0 Å². The van der Waals surface area contributed by atoms with Gasteiger partial charge < -0.3 is 24.4 Å². The van der Waals surface area contributed by atoms with E-state index in [-0.39, 0.29) is 11.5 Å². The predicted molar refractivity (Wildman–Crippen MR) is 104 cm³/mol. The third-order valence-electron chi connectivity index (χ3n) is 5.01. The number of carboxylic acids is 1. The minimum Gasteiger partial charge on any atom is -0.478 e. The standard InChI is InChI=1S/C19H21N3O6S/c1-26-7-6-14-20-17(28-22-14)15-12-5-8-27-9-13(12)29-18(15)21-16(23)10-3-2-4-11(10)19(24)25/h2-9H2,1H3,(H,21,23)(H,24,25). The maximum absolute atomic E-state index is 12.8. The maximum atomic E-state index is 12.8. The van der Waals surface area contributed by atoms with Crippen LogP contribution in [0.5, 0.6) is 0 Å². The summed E-state index contributed by atoms with van der Waals surface area (Å²) in [5, 5.41) is 16.8. The zero-order valence-electron chi connectivity index (χ0n) is 15.9. The molecule has 0 spiro atoms. The van der Waals surface area contributed by atoms with E-state index in [1.54, 1.807) is 7.11 Å². The van der Waals surface area contributed by atoms with Crippen LogP contribution in [-0.4, -0.2) is 47.4 Å². The van der Waals surface area contributed by atoms with Gasteiger partial charge in [0.1, 0.15) is 5.00 Å². The number of thiophene rings is 1. The molecular formula is C19H21N3O6S. The van der Waals surface area contributed by atoms with Gasteiger partial charge in [-0.2, -0.15) is 4.98 Å². The summed E-state index contributed by atoms with van der Waals surface area (Å²) >= 11 is 1.40. The summed E-state index contributed by atoms with van der Waals surface area (Å²) < 4.78 is 16.1. The van der Waals surface area contributed by atoms with Gasteiger partial charge in [-0.3, -0.25) is 4.79 Å². The molecule has 0 bridgehead atoms. The number of carboxylic acid groups (broad SMARTS) is 1. The molecule has 0 aromatic carbocycles. The van der Waals surface area contributed by atoms with Crippen LogP contribution in [0.2, 0.25) is 0 Å². The van der Waals surface area contributed by atoms with Crippen molar-refractivity contribution in [2.45, 2.75) is 38.7 Å². The van der Waals surface area contributed by atoms with Gasteiger partial charge in [0.05, 0.1) is 25.4 Å². The van der Waals surface area contributed by atoms with Gasteiger partial charge in [-0.15, -0.1) is 11.3 Å². The zero-order chi connectivity index (χ0) is 20.4. The Balaban J connectivity index is 1.68. The smallest absolute Gasteiger partial charge is 0.332 e.